The summed E-state index contributed by atoms with van der Waals surface area (Å²) in [5.41, 5.74) is 5.51. The zero-order valence-corrected chi connectivity index (χ0v) is 10.4. The molecule has 0 N–H and O–H groups in total. The monoisotopic (exact) mass is 220 g/mol. The van der Waals surface area contributed by atoms with Gasteiger partial charge in [0.1, 0.15) is 0 Å². The fraction of sp³-hybridized carbons (Fsp3) is 0.500. The molecule has 0 atom stereocenters. The molecule has 0 aliphatic rings. The van der Waals surface area contributed by atoms with Crippen molar-refractivity contribution in [3.8, 4) is 0 Å². The Morgan fingerprint density at radius 2 is 1.80 bits per heavy atom. The normalized spacial score (nSPS) is 11.9. The van der Waals surface area contributed by atoms with Gasteiger partial charge in [-0.15, -0.1) is 11.3 Å². The standard InChI is InChI=1S/C12H16N2S/c1-7(2)9-5-13-10(8(3)4)12-11(9)14-6-15-12/h5-8H,1-4H3. The van der Waals surface area contributed by atoms with Crippen LogP contribution in [0.4, 0.5) is 0 Å². The highest BCUT2D eigenvalue weighted by Gasteiger charge is 2.14. The predicted molar refractivity (Wildman–Crippen MR) is 65.6 cm³/mol. The van der Waals surface area contributed by atoms with Gasteiger partial charge in [0.15, 0.2) is 0 Å². The smallest absolute Gasteiger partial charge is 0.0880 e. The van der Waals surface area contributed by atoms with E-state index < -0.39 is 0 Å². The van der Waals surface area contributed by atoms with Gasteiger partial charge in [-0.1, -0.05) is 27.7 Å². The van der Waals surface area contributed by atoms with Crippen LogP contribution in [0.3, 0.4) is 0 Å². The number of aromatic nitrogens is 2. The van der Waals surface area contributed by atoms with E-state index in [1.807, 2.05) is 11.7 Å². The van der Waals surface area contributed by atoms with Gasteiger partial charge in [0, 0.05) is 11.8 Å². The van der Waals surface area contributed by atoms with Crippen LogP contribution in [0.1, 0.15) is 50.8 Å². The van der Waals surface area contributed by atoms with Crippen LogP contribution < -0.4 is 0 Å². The molecule has 15 heavy (non-hydrogen) atoms. The molecule has 0 saturated carbocycles. The second-order valence-electron chi connectivity index (χ2n) is 4.44. The molecule has 2 rings (SSSR count). The fourth-order valence-electron chi connectivity index (χ4n) is 1.73. The van der Waals surface area contributed by atoms with Gasteiger partial charge in [0.25, 0.3) is 0 Å². The lowest BCUT2D eigenvalue weighted by Crippen LogP contribution is -1.97. The lowest BCUT2D eigenvalue weighted by atomic mass is 10.0. The molecule has 0 aromatic carbocycles. The average molecular weight is 220 g/mol. The summed E-state index contributed by atoms with van der Waals surface area (Å²) in [7, 11) is 0. The average Bonchev–Trinajstić information content (AvgIpc) is 2.63. The Bertz CT molecular complexity index is 429. The number of hydrogen-bond donors (Lipinski definition) is 0. The van der Waals surface area contributed by atoms with Crippen LogP contribution in [-0.2, 0) is 0 Å². The molecule has 2 nitrogen and oxygen atoms in total. The van der Waals surface area contributed by atoms with Crippen molar-refractivity contribution in [2.24, 2.45) is 0 Å². The van der Waals surface area contributed by atoms with Gasteiger partial charge >= 0.3 is 0 Å². The summed E-state index contributed by atoms with van der Waals surface area (Å²) in [6, 6.07) is 0. The zero-order chi connectivity index (χ0) is 11.0. The van der Waals surface area contributed by atoms with E-state index in [2.05, 4.69) is 37.7 Å². The first-order valence-corrected chi connectivity index (χ1v) is 6.21. The third-order valence-electron chi connectivity index (χ3n) is 2.59. The molecule has 80 valence electrons. The van der Waals surface area contributed by atoms with Crippen LogP contribution in [0.5, 0.6) is 0 Å². The Morgan fingerprint density at radius 3 is 2.40 bits per heavy atom. The van der Waals surface area contributed by atoms with Crippen molar-refractivity contribution in [3.05, 3.63) is 23.0 Å². The van der Waals surface area contributed by atoms with Crippen LogP contribution in [0, 0.1) is 0 Å². The summed E-state index contributed by atoms with van der Waals surface area (Å²) in [5, 5.41) is 0. The van der Waals surface area contributed by atoms with Crippen LogP contribution in [0.2, 0.25) is 0 Å². The van der Waals surface area contributed by atoms with Gasteiger partial charge < -0.3 is 0 Å². The van der Waals surface area contributed by atoms with Crippen molar-refractivity contribution in [2.75, 3.05) is 0 Å². The van der Waals surface area contributed by atoms with Crippen molar-refractivity contribution in [1.29, 1.82) is 0 Å². The summed E-state index contributed by atoms with van der Waals surface area (Å²) >= 11 is 1.70. The van der Waals surface area contributed by atoms with Crippen molar-refractivity contribution < 1.29 is 0 Å². The molecule has 0 saturated heterocycles. The number of nitrogens with zero attached hydrogens (tertiary/aromatic N) is 2. The number of thiazole rings is 1. The maximum atomic E-state index is 4.57. The van der Waals surface area contributed by atoms with Crippen molar-refractivity contribution in [1.82, 2.24) is 9.97 Å². The Kier molecular flexibility index (Phi) is 2.74. The van der Waals surface area contributed by atoms with E-state index in [0.29, 0.717) is 11.8 Å². The molecule has 0 aliphatic carbocycles. The third-order valence-corrected chi connectivity index (χ3v) is 3.43. The number of fused-ring (bicyclic) bond motifs is 1. The minimum atomic E-state index is 0.467. The topological polar surface area (TPSA) is 25.8 Å². The van der Waals surface area contributed by atoms with Gasteiger partial charge in [0.05, 0.1) is 21.4 Å². The highest BCUT2D eigenvalue weighted by atomic mass is 32.1. The molecule has 2 aromatic rings. The lowest BCUT2D eigenvalue weighted by molar-refractivity contribution is 0.819. The molecule has 3 heteroatoms. The fourth-order valence-corrected chi connectivity index (χ4v) is 2.68. The van der Waals surface area contributed by atoms with E-state index in [0.717, 1.165) is 5.52 Å². The van der Waals surface area contributed by atoms with Gasteiger partial charge in [-0.3, -0.25) is 4.98 Å². The summed E-state index contributed by atoms with van der Waals surface area (Å²) in [6.45, 7) is 8.72. The number of rotatable bonds is 2. The highest BCUT2D eigenvalue weighted by Crippen LogP contribution is 2.31. The minimum absolute atomic E-state index is 0.467. The van der Waals surface area contributed by atoms with E-state index in [1.54, 1.807) is 11.3 Å². The highest BCUT2D eigenvalue weighted by molar-refractivity contribution is 7.16. The van der Waals surface area contributed by atoms with Crippen LogP contribution >= 0.6 is 11.3 Å². The summed E-state index contributed by atoms with van der Waals surface area (Å²) < 4.78 is 1.26. The molecule has 0 bridgehead atoms. The van der Waals surface area contributed by atoms with Gasteiger partial charge in [-0.25, -0.2) is 4.98 Å². The van der Waals surface area contributed by atoms with E-state index in [1.165, 1.54) is 16.0 Å². The van der Waals surface area contributed by atoms with Gasteiger partial charge in [-0.05, 0) is 11.8 Å². The van der Waals surface area contributed by atoms with Crippen LogP contribution in [0.15, 0.2) is 11.7 Å². The predicted octanol–water partition coefficient (Wildman–Crippen LogP) is 3.94. The molecule has 0 spiro atoms. The van der Waals surface area contributed by atoms with Crippen molar-refractivity contribution in [2.45, 2.75) is 39.5 Å². The minimum Gasteiger partial charge on any atom is -0.259 e. The first-order chi connectivity index (χ1) is 7.11. The molecule has 0 fully saturated rings. The SMILES string of the molecule is CC(C)c1cnc(C(C)C)c2scnc12. The Morgan fingerprint density at radius 1 is 1.07 bits per heavy atom. The molecule has 0 amide bonds. The Hall–Kier alpha value is -0.960. The molecule has 0 radical (unpaired) electrons. The number of pyridine rings is 1. The summed E-state index contributed by atoms with van der Waals surface area (Å²) in [6.07, 6.45) is 1.99. The van der Waals surface area contributed by atoms with Gasteiger partial charge in [0.2, 0.25) is 0 Å². The first kappa shape index (κ1) is 10.6. The Balaban J connectivity index is 2.71. The van der Waals surface area contributed by atoms with Crippen molar-refractivity contribution in [3.63, 3.8) is 0 Å². The maximum Gasteiger partial charge on any atom is 0.0880 e. The molecule has 0 unspecified atom stereocenters. The van der Waals surface area contributed by atoms with Crippen molar-refractivity contribution >= 4 is 21.6 Å². The van der Waals surface area contributed by atoms with E-state index in [-0.39, 0.29) is 0 Å². The zero-order valence-electron chi connectivity index (χ0n) is 9.61. The van der Waals surface area contributed by atoms with Crippen LogP contribution in [0.25, 0.3) is 10.2 Å². The molecule has 2 aromatic heterocycles. The summed E-state index contributed by atoms with van der Waals surface area (Å²) in [4.78, 5) is 9.03. The lowest BCUT2D eigenvalue weighted by Gasteiger charge is -2.10. The van der Waals surface area contributed by atoms with E-state index >= 15 is 0 Å². The largest absolute Gasteiger partial charge is 0.259 e. The molecule has 2 heterocycles. The summed E-state index contributed by atoms with van der Waals surface area (Å²) in [5.74, 6) is 0.956. The number of hydrogen-bond acceptors (Lipinski definition) is 3. The Labute approximate surface area is 94.4 Å². The third kappa shape index (κ3) is 1.76. The van der Waals surface area contributed by atoms with Crippen LogP contribution in [-0.4, -0.2) is 9.97 Å². The van der Waals surface area contributed by atoms with E-state index in [4.69, 9.17) is 0 Å². The second-order valence-corrected chi connectivity index (χ2v) is 5.29. The van der Waals surface area contributed by atoms with E-state index in [9.17, 15) is 0 Å². The molecular formula is C12H16N2S. The second kappa shape index (κ2) is 3.89. The molecular weight excluding hydrogens is 204 g/mol. The first-order valence-electron chi connectivity index (χ1n) is 5.33. The maximum absolute atomic E-state index is 4.57. The molecule has 0 aliphatic heterocycles. The quantitative estimate of drug-likeness (QED) is 0.766. The van der Waals surface area contributed by atoms with Gasteiger partial charge in [-0.2, -0.15) is 0 Å².